The maximum absolute atomic E-state index is 12.0. The second-order valence-electron chi connectivity index (χ2n) is 27.6. The third-order valence-corrected chi connectivity index (χ3v) is 21.0. The van der Waals surface area contributed by atoms with E-state index in [1.165, 1.54) is 48.4 Å². The van der Waals surface area contributed by atoms with Crippen LogP contribution in [0.3, 0.4) is 0 Å². The standard InChI is InChI=1S/C93H93N5O7S/c1-3-5-7-21-57-98-81-55-37-66(63-87(81)106-88-64-69(42-56-82(88)98)67-40-43-70(44-41-67)101-58-22-8-6-4-2)36-46-72-75-49-53-79(96-75)89-77-51-47-73(94-77)71(45-35-65-33-38-68(39-34-65)93(99)100)74-48-52-78(95-74)90(80-54-50-76(72)97-80)92-84-30-28-32-86(92)105-62-26-20-16-12-11-15-19-25-61-104-85-31-27-29-83(91(85)89)102-59-23-17-13-9-10-14-18-24-60-103-84/h9-12,27-34,37-44,47-56,63-64,94,97H,3-8,13-26,57-62H2,1-2H3,(H,99,100)/b10-9+,12-11+,73-71?,74-71?,75-72?,76-72?,89-77?,89-79?,90-78?,90-80?. The van der Waals surface area contributed by atoms with Crippen LogP contribution < -0.4 is 28.6 Å². The van der Waals surface area contributed by atoms with E-state index in [2.05, 4.69) is 174 Å². The zero-order valence-electron chi connectivity index (χ0n) is 61.0. The quantitative estimate of drug-likeness (QED) is 0.0576. The summed E-state index contributed by atoms with van der Waals surface area (Å²) in [6.07, 6.45) is 37.8. The number of aromatic nitrogens is 4. The van der Waals surface area contributed by atoms with Crippen LogP contribution >= 0.6 is 11.8 Å². The maximum atomic E-state index is 12.0. The van der Waals surface area contributed by atoms with E-state index in [4.69, 9.17) is 33.7 Å². The SMILES string of the molecule is CCCCCCOc1ccc(-c2ccc3c(c2)Sc2cc(C#Cc4c5nc(c6c7ccc([nH]7)c(C#Cc7ccc(C(=O)O)cc7)c7nc(c(c8ccc4[nH]8)-c4c8cccc4OCCCC/C=C/CCCCOc4cccc(c4-6)OCCCC/C=C/CCCCO8)C=C7)C=C5)ccc2N3CCCCCC)cc1. The molecule has 3 aromatic heterocycles. The van der Waals surface area contributed by atoms with Crippen LogP contribution in [0.4, 0.5) is 11.4 Å². The number of fused-ring (bicyclic) bond motifs is 2. The number of unbranched alkanes of at least 4 members (excludes halogenated alkanes) is 6. The van der Waals surface area contributed by atoms with Gasteiger partial charge in [-0.3, -0.25) is 0 Å². The monoisotopic (exact) mass is 1420 g/mol. The number of allylic oxidation sites excluding steroid dienone is 4. The summed E-state index contributed by atoms with van der Waals surface area (Å²) in [4.78, 5) is 36.1. The highest BCUT2D eigenvalue weighted by atomic mass is 32.2. The molecule has 12 bridgehead atoms. The van der Waals surface area contributed by atoms with Crippen molar-refractivity contribution in [1.29, 1.82) is 0 Å². The smallest absolute Gasteiger partial charge is 0.335 e. The summed E-state index contributed by atoms with van der Waals surface area (Å²) < 4.78 is 34.1. The molecule has 14 rings (SSSR count). The van der Waals surface area contributed by atoms with E-state index in [1.807, 2.05) is 48.5 Å². The van der Waals surface area contributed by atoms with Crippen molar-refractivity contribution in [3.63, 3.8) is 0 Å². The van der Waals surface area contributed by atoms with Crippen molar-refractivity contribution in [3.8, 4) is 85.8 Å². The molecule has 0 unspecified atom stereocenters. The largest absolute Gasteiger partial charge is 0.494 e. The minimum Gasteiger partial charge on any atom is -0.494 e. The number of hydrogen-bond acceptors (Lipinski definition) is 10. The Balaban J connectivity index is 0.992. The van der Waals surface area contributed by atoms with Crippen LogP contribution in [0.1, 0.15) is 198 Å². The molecule has 5 aliphatic rings. The molecule has 0 saturated carbocycles. The fraction of sp³-hybridized carbons (Fsp3) is 0.301. The van der Waals surface area contributed by atoms with Crippen LogP contribution in [-0.2, 0) is 0 Å². The molecule has 0 radical (unpaired) electrons. The number of carboxylic acids is 1. The highest BCUT2D eigenvalue weighted by Gasteiger charge is 2.27. The van der Waals surface area contributed by atoms with Gasteiger partial charge in [-0.25, -0.2) is 14.8 Å². The Morgan fingerprint density at radius 1 is 0.462 bits per heavy atom. The van der Waals surface area contributed by atoms with Gasteiger partial charge in [0.25, 0.3) is 0 Å². The minimum atomic E-state index is -1.01. The van der Waals surface area contributed by atoms with E-state index in [0.717, 1.165) is 176 Å². The number of H-pyrrole nitrogens is 2. The number of nitrogens with one attached hydrogen (secondary N) is 2. The predicted molar refractivity (Wildman–Crippen MR) is 434 cm³/mol. The van der Waals surface area contributed by atoms with Gasteiger partial charge < -0.3 is 43.7 Å². The van der Waals surface area contributed by atoms with Gasteiger partial charge in [0.15, 0.2) is 0 Å². The van der Waals surface area contributed by atoms with Crippen LogP contribution in [0.2, 0.25) is 0 Å². The van der Waals surface area contributed by atoms with Crippen molar-refractivity contribution in [2.24, 2.45) is 0 Å². The molecule has 0 atom stereocenters. The average molecular weight is 1420 g/mol. The number of anilines is 2. The number of rotatable bonds is 13. The molecule has 8 heterocycles. The lowest BCUT2D eigenvalue weighted by atomic mass is 10.0. The van der Waals surface area contributed by atoms with Gasteiger partial charge >= 0.3 is 5.97 Å². The molecule has 0 spiro atoms. The summed E-state index contributed by atoms with van der Waals surface area (Å²) in [6, 6.07) is 49.4. The number of nitrogens with zero attached hydrogens (tertiary/aromatic N) is 3. The normalized spacial score (nSPS) is 15.1. The summed E-state index contributed by atoms with van der Waals surface area (Å²) in [5.41, 5.74) is 16.4. The molecule has 3 N–H and O–H groups in total. The van der Waals surface area contributed by atoms with Crippen LogP contribution in [0, 0.1) is 23.7 Å². The van der Waals surface area contributed by atoms with Crippen LogP contribution in [0.15, 0.2) is 180 Å². The molecule has 5 aliphatic heterocycles. The van der Waals surface area contributed by atoms with Gasteiger partial charge in [0, 0.05) is 49.6 Å². The van der Waals surface area contributed by atoms with Crippen molar-refractivity contribution in [2.75, 3.05) is 44.5 Å². The summed E-state index contributed by atoms with van der Waals surface area (Å²) in [5.74, 6) is 17.1. The van der Waals surface area contributed by atoms with Gasteiger partial charge in [0.05, 0.1) is 106 Å². The first-order chi connectivity index (χ1) is 52.3. The number of carboxylic acid groups (broad SMARTS) is 1. The number of hydrogen-bond donors (Lipinski definition) is 3. The Morgan fingerprint density at radius 2 is 0.915 bits per heavy atom. The van der Waals surface area contributed by atoms with Gasteiger partial charge in [-0.15, -0.1) is 0 Å². The molecule has 9 aromatic rings. The van der Waals surface area contributed by atoms with Crippen molar-refractivity contribution in [1.82, 2.24) is 19.9 Å². The lowest BCUT2D eigenvalue weighted by Gasteiger charge is -2.33. The van der Waals surface area contributed by atoms with E-state index >= 15 is 0 Å². The zero-order chi connectivity index (χ0) is 72.2. The highest BCUT2D eigenvalue weighted by Crippen LogP contribution is 2.51. The molecule has 6 aromatic carbocycles. The third kappa shape index (κ3) is 17.6. The Hall–Kier alpha value is -10.9. The molecule has 0 saturated heterocycles. The molecule has 106 heavy (non-hydrogen) atoms. The topological polar surface area (TPSA) is 144 Å². The maximum Gasteiger partial charge on any atom is 0.335 e. The molecular weight excluding hydrogens is 1330 g/mol. The zero-order valence-corrected chi connectivity index (χ0v) is 61.8. The van der Waals surface area contributed by atoms with Gasteiger partial charge in [-0.05, 0) is 241 Å². The van der Waals surface area contributed by atoms with E-state index in [0.29, 0.717) is 94.4 Å². The number of benzene rings is 6. The fourth-order valence-corrected chi connectivity index (χ4v) is 15.3. The van der Waals surface area contributed by atoms with Gasteiger partial charge in [0.2, 0.25) is 0 Å². The lowest BCUT2D eigenvalue weighted by Crippen LogP contribution is -2.22. The fourth-order valence-electron chi connectivity index (χ4n) is 14.2. The molecular formula is C93H93N5O7S. The van der Waals surface area contributed by atoms with Crippen molar-refractivity contribution in [2.45, 2.75) is 152 Å². The first-order valence-electron chi connectivity index (χ1n) is 38.4. The minimum absolute atomic E-state index is 0.178. The van der Waals surface area contributed by atoms with Gasteiger partial charge in [-0.2, -0.15) is 0 Å². The third-order valence-electron chi connectivity index (χ3n) is 19.9. The average Bonchev–Trinajstić information content (AvgIpc) is 1.04. The number of aromatic amines is 2. The summed E-state index contributed by atoms with van der Waals surface area (Å²) in [5, 5.41) is 9.85. The summed E-state index contributed by atoms with van der Waals surface area (Å²) in [7, 11) is 0. The van der Waals surface area contributed by atoms with E-state index in [9.17, 15) is 9.90 Å². The van der Waals surface area contributed by atoms with Crippen molar-refractivity contribution < 1.29 is 33.6 Å². The Bertz CT molecular complexity index is 4930. The van der Waals surface area contributed by atoms with E-state index < -0.39 is 5.97 Å². The van der Waals surface area contributed by atoms with Crippen LogP contribution in [0.5, 0.6) is 28.7 Å². The first-order valence-corrected chi connectivity index (χ1v) is 39.2. The molecule has 13 heteroatoms. The van der Waals surface area contributed by atoms with Crippen LogP contribution in [0.25, 0.3) is 79.8 Å². The number of carbonyl (C=O) groups is 1. The highest BCUT2D eigenvalue weighted by molar-refractivity contribution is 7.99. The first kappa shape index (κ1) is 72.1. The van der Waals surface area contributed by atoms with Crippen molar-refractivity contribution in [3.05, 3.63) is 220 Å². The molecule has 0 amide bonds. The van der Waals surface area contributed by atoms with Crippen molar-refractivity contribution >= 4 is 75.5 Å². The molecule has 0 fully saturated rings. The van der Waals surface area contributed by atoms with E-state index in [1.54, 1.807) is 36.0 Å². The molecule has 12 nitrogen and oxygen atoms in total. The Morgan fingerprint density at radius 3 is 1.42 bits per heavy atom. The Labute approximate surface area is 628 Å². The molecule has 538 valence electrons. The second kappa shape index (κ2) is 35.8. The lowest BCUT2D eigenvalue weighted by molar-refractivity contribution is 0.0696. The van der Waals surface area contributed by atoms with Gasteiger partial charge in [-0.1, -0.05) is 142 Å². The molecule has 0 aliphatic carbocycles. The van der Waals surface area contributed by atoms with E-state index in [-0.39, 0.29) is 5.56 Å². The summed E-state index contributed by atoms with van der Waals surface area (Å²) in [6.45, 7) is 8.12. The second-order valence-corrected chi connectivity index (χ2v) is 28.7. The van der Waals surface area contributed by atoms with Crippen LogP contribution in [-0.4, -0.2) is 70.6 Å². The number of ether oxygens (including phenoxy) is 5. The predicted octanol–water partition coefficient (Wildman–Crippen LogP) is 23.6. The Kier molecular flexibility index (Phi) is 24.3. The summed E-state index contributed by atoms with van der Waals surface area (Å²) >= 11 is 1.81. The van der Waals surface area contributed by atoms with Gasteiger partial charge in [0.1, 0.15) is 28.7 Å². The number of aromatic carboxylic acids is 1.